The highest BCUT2D eigenvalue weighted by Gasteiger charge is 2.26. The average Bonchev–Trinajstić information content (AvgIpc) is 2.75. The summed E-state index contributed by atoms with van der Waals surface area (Å²) >= 11 is 8.48. The summed E-state index contributed by atoms with van der Waals surface area (Å²) in [4.78, 5) is 4.59. The molecule has 1 heterocycles. The second-order valence-electron chi connectivity index (χ2n) is 5.31. The molecule has 1 aliphatic rings. The molecule has 3 heteroatoms. The van der Waals surface area contributed by atoms with Crippen LogP contribution in [0.5, 0.6) is 0 Å². The van der Waals surface area contributed by atoms with Gasteiger partial charge < -0.3 is 0 Å². The molecule has 0 saturated carbocycles. The van der Waals surface area contributed by atoms with E-state index < -0.39 is 0 Å². The first-order valence-corrected chi connectivity index (χ1v) is 8.18. The number of nitrogens with zero attached hydrogens (tertiary/aromatic N) is 1. The molecule has 1 aromatic carbocycles. The third-order valence-electron chi connectivity index (χ3n) is 3.93. The van der Waals surface area contributed by atoms with Gasteiger partial charge in [0.15, 0.2) is 0 Å². The second-order valence-corrected chi connectivity index (χ2v) is 6.85. The molecule has 0 amide bonds. The van der Waals surface area contributed by atoms with Crippen LogP contribution in [0, 0.1) is 12.8 Å². The zero-order valence-corrected chi connectivity index (χ0v) is 12.7. The molecule has 0 radical (unpaired) electrons. The third-order valence-corrected chi connectivity index (χ3v) is 5.34. The first-order valence-electron chi connectivity index (χ1n) is 6.87. The van der Waals surface area contributed by atoms with Crippen molar-refractivity contribution in [2.45, 2.75) is 38.0 Å². The van der Waals surface area contributed by atoms with Gasteiger partial charge in [0, 0.05) is 5.38 Å². The van der Waals surface area contributed by atoms with Crippen LogP contribution in [0.15, 0.2) is 29.6 Å². The summed E-state index contributed by atoms with van der Waals surface area (Å²) in [7, 11) is 0. The molecule has 1 nitrogen and oxygen atoms in total. The molecule has 2 aromatic rings. The lowest BCUT2D eigenvalue weighted by Crippen LogP contribution is -2.11. The molecular formula is C16H18ClNS. The van der Waals surface area contributed by atoms with Crippen LogP contribution in [0.25, 0.3) is 0 Å². The van der Waals surface area contributed by atoms with Crippen molar-refractivity contribution in [2.75, 3.05) is 0 Å². The molecule has 1 aromatic heterocycles. The smallest absolute Gasteiger partial charge is 0.0897 e. The SMILES string of the molecule is Cc1nc(CC2CCCc3ccccc3C2Cl)cs1. The molecule has 1 aliphatic carbocycles. The third kappa shape index (κ3) is 2.85. The summed E-state index contributed by atoms with van der Waals surface area (Å²) in [6.07, 6.45) is 4.59. The standard InChI is InChI=1S/C16H18ClNS/c1-11-18-14(10-19-11)9-13-7-4-6-12-5-2-3-8-15(12)16(13)17/h2-3,5,8,10,13,16H,4,6-7,9H2,1H3. The fraction of sp³-hybridized carbons (Fsp3) is 0.438. The van der Waals surface area contributed by atoms with Gasteiger partial charge in [-0.15, -0.1) is 22.9 Å². The van der Waals surface area contributed by atoms with E-state index in [1.807, 2.05) is 0 Å². The zero-order chi connectivity index (χ0) is 13.2. The van der Waals surface area contributed by atoms with Crippen molar-refractivity contribution >= 4 is 22.9 Å². The normalized spacial score (nSPS) is 22.8. The Morgan fingerprint density at radius 2 is 2.21 bits per heavy atom. The Hall–Kier alpha value is -0.860. The van der Waals surface area contributed by atoms with Crippen LogP contribution in [-0.4, -0.2) is 4.98 Å². The number of hydrogen-bond acceptors (Lipinski definition) is 2. The Bertz CT molecular complexity index is 563. The minimum Gasteiger partial charge on any atom is -0.247 e. The van der Waals surface area contributed by atoms with E-state index in [1.165, 1.54) is 29.7 Å². The van der Waals surface area contributed by atoms with Gasteiger partial charge in [-0.3, -0.25) is 0 Å². The molecule has 3 rings (SSSR count). The highest BCUT2D eigenvalue weighted by Crippen LogP contribution is 2.39. The van der Waals surface area contributed by atoms with Crippen molar-refractivity contribution in [3.63, 3.8) is 0 Å². The number of benzene rings is 1. The van der Waals surface area contributed by atoms with Gasteiger partial charge in [0.1, 0.15) is 0 Å². The summed E-state index contributed by atoms with van der Waals surface area (Å²) in [5.74, 6) is 0.506. The van der Waals surface area contributed by atoms with Crippen molar-refractivity contribution in [1.29, 1.82) is 0 Å². The van der Waals surface area contributed by atoms with E-state index in [4.69, 9.17) is 11.6 Å². The van der Waals surface area contributed by atoms with E-state index >= 15 is 0 Å². The van der Waals surface area contributed by atoms with E-state index in [2.05, 4.69) is 41.6 Å². The number of halogens is 1. The highest BCUT2D eigenvalue weighted by molar-refractivity contribution is 7.09. The molecule has 2 atom stereocenters. The number of fused-ring (bicyclic) bond motifs is 1. The van der Waals surface area contributed by atoms with Gasteiger partial charge in [-0.1, -0.05) is 24.3 Å². The lowest BCUT2D eigenvalue weighted by Gasteiger charge is -2.20. The Labute approximate surface area is 123 Å². The summed E-state index contributed by atoms with van der Waals surface area (Å²) in [6.45, 7) is 2.06. The Morgan fingerprint density at radius 3 is 3.00 bits per heavy atom. The van der Waals surface area contributed by atoms with Crippen molar-refractivity contribution in [2.24, 2.45) is 5.92 Å². The van der Waals surface area contributed by atoms with Crippen LogP contribution < -0.4 is 0 Å². The van der Waals surface area contributed by atoms with E-state index in [-0.39, 0.29) is 5.38 Å². The van der Waals surface area contributed by atoms with Gasteiger partial charge in [-0.05, 0) is 49.7 Å². The summed E-state index contributed by atoms with van der Waals surface area (Å²) in [5, 5.41) is 3.45. The molecule has 0 saturated heterocycles. The van der Waals surface area contributed by atoms with Crippen molar-refractivity contribution < 1.29 is 0 Å². The molecule has 0 bridgehead atoms. The average molecular weight is 292 g/mol. The molecule has 0 aliphatic heterocycles. The number of alkyl halides is 1. The van der Waals surface area contributed by atoms with Crippen LogP contribution >= 0.6 is 22.9 Å². The van der Waals surface area contributed by atoms with Gasteiger partial charge in [-0.25, -0.2) is 4.98 Å². The van der Waals surface area contributed by atoms with Crippen LogP contribution in [0.3, 0.4) is 0 Å². The quantitative estimate of drug-likeness (QED) is 0.565. The maximum atomic E-state index is 6.75. The summed E-state index contributed by atoms with van der Waals surface area (Å²) < 4.78 is 0. The Morgan fingerprint density at radius 1 is 1.37 bits per heavy atom. The molecule has 0 N–H and O–H groups in total. The minimum absolute atomic E-state index is 0.126. The first kappa shape index (κ1) is 13.1. The van der Waals surface area contributed by atoms with Gasteiger partial charge in [0.2, 0.25) is 0 Å². The molecular weight excluding hydrogens is 274 g/mol. The zero-order valence-electron chi connectivity index (χ0n) is 11.1. The van der Waals surface area contributed by atoms with Crippen LogP contribution in [0.1, 0.15) is 40.0 Å². The molecule has 2 unspecified atom stereocenters. The van der Waals surface area contributed by atoms with E-state index in [0.29, 0.717) is 5.92 Å². The van der Waals surface area contributed by atoms with Crippen molar-refractivity contribution in [3.05, 3.63) is 51.5 Å². The van der Waals surface area contributed by atoms with Crippen molar-refractivity contribution in [3.8, 4) is 0 Å². The highest BCUT2D eigenvalue weighted by atomic mass is 35.5. The Balaban J connectivity index is 1.83. The number of rotatable bonds is 2. The fourth-order valence-corrected chi connectivity index (χ4v) is 4.02. The number of aromatic nitrogens is 1. The van der Waals surface area contributed by atoms with Gasteiger partial charge in [-0.2, -0.15) is 0 Å². The monoisotopic (exact) mass is 291 g/mol. The molecule has 19 heavy (non-hydrogen) atoms. The molecule has 0 spiro atoms. The number of aryl methyl sites for hydroxylation is 2. The predicted octanol–water partition coefficient (Wildman–Crippen LogP) is 4.93. The fourth-order valence-electron chi connectivity index (χ4n) is 2.96. The lowest BCUT2D eigenvalue weighted by atomic mass is 9.92. The maximum Gasteiger partial charge on any atom is 0.0897 e. The largest absolute Gasteiger partial charge is 0.247 e. The molecule has 100 valence electrons. The van der Waals surface area contributed by atoms with Crippen LogP contribution in [0.2, 0.25) is 0 Å². The predicted molar refractivity (Wildman–Crippen MR) is 82.0 cm³/mol. The van der Waals surface area contributed by atoms with Crippen molar-refractivity contribution in [1.82, 2.24) is 4.98 Å². The van der Waals surface area contributed by atoms with Gasteiger partial charge in [0.25, 0.3) is 0 Å². The van der Waals surface area contributed by atoms with E-state index in [1.54, 1.807) is 11.3 Å². The Kier molecular flexibility index (Phi) is 3.90. The number of thiazole rings is 1. The van der Waals surface area contributed by atoms with Crippen LogP contribution in [-0.2, 0) is 12.8 Å². The number of hydrogen-bond donors (Lipinski definition) is 0. The summed E-state index contributed by atoms with van der Waals surface area (Å²) in [6, 6.07) is 8.63. The lowest BCUT2D eigenvalue weighted by molar-refractivity contribution is 0.461. The second kappa shape index (κ2) is 5.64. The van der Waals surface area contributed by atoms with Gasteiger partial charge in [0.05, 0.1) is 16.1 Å². The van der Waals surface area contributed by atoms with E-state index in [0.717, 1.165) is 17.8 Å². The topological polar surface area (TPSA) is 12.9 Å². The first-order chi connectivity index (χ1) is 9.24. The van der Waals surface area contributed by atoms with E-state index in [9.17, 15) is 0 Å². The molecule has 0 fully saturated rings. The minimum atomic E-state index is 0.126. The summed E-state index contributed by atoms with van der Waals surface area (Å²) in [5.41, 5.74) is 3.97. The maximum absolute atomic E-state index is 6.75. The van der Waals surface area contributed by atoms with Crippen LogP contribution in [0.4, 0.5) is 0 Å². The van der Waals surface area contributed by atoms with Gasteiger partial charge >= 0.3 is 0 Å².